The third kappa shape index (κ3) is 2.39. The van der Waals surface area contributed by atoms with E-state index in [0.717, 1.165) is 28.0 Å². The fourth-order valence-corrected chi connectivity index (χ4v) is 2.09. The van der Waals surface area contributed by atoms with E-state index in [9.17, 15) is 0 Å². The molecule has 5 nitrogen and oxygen atoms in total. The number of aromatic nitrogens is 2. The lowest BCUT2D eigenvalue weighted by molar-refractivity contribution is 1.07. The standard InChI is InChI=1S/C15H15N5/c16-8-10-2-1-3-12(6-10)20-15-13-7-11(17)4-5-14(13)18-9-19-15/h1-7,9H,8,16-17H2,(H,18,19,20). The van der Waals surface area contributed by atoms with Crippen molar-refractivity contribution in [3.63, 3.8) is 0 Å². The number of nitrogens with one attached hydrogen (secondary N) is 1. The van der Waals surface area contributed by atoms with Crippen LogP contribution >= 0.6 is 0 Å². The molecule has 20 heavy (non-hydrogen) atoms. The number of hydrogen-bond acceptors (Lipinski definition) is 5. The number of anilines is 3. The Hall–Kier alpha value is -2.66. The summed E-state index contributed by atoms with van der Waals surface area (Å²) in [6, 6.07) is 13.5. The predicted octanol–water partition coefficient (Wildman–Crippen LogP) is 2.41. The van der Waals surface area contributed by atoms with Crippen molar-refractivity contribution in [2.45, 2.75) is 6.54 Å². The molecular formula is C15H15N5. The van der Waals surface area contributed by atoms with Gasteiger partial charge in [-0.1, -0.05) is 12.1 Å². The van der Waals surface area contributed by atoms with Gasteiger partial charge in [0.25, 0.3) is 0 Å². The zero-order valence-electron chi connectivity index (χ0n) is 10.9. The van der Waals surface area contributed by atoms with Gasteiger partial charge < -0.3 is 16.8 Å². The number of benzene rings is 2. The number of fused-ring (bicyclic) bond motifs is 1. The summed E-state index contributed by atoms with van der Waals surface area (Å²) in [5.41, 5.74) is 15.0. The highest BCUT2D eigenvalue weighted by molar-refractivity contribution is 5.92. The Bertz CT molecular complexity index is 754. The molecule has 1 aromatic heterocycles. The van der Waals surface area contributed by atoms with Crippen molar-refractivity contribution in [1.82, 2.24) is 9.97 Å². The van der Waals surface area contributed by atoms with Crippen molar-refractivity contribution in [3.05, 3.63) is 54.4 Å². The van der Waals surface area contributed by atoms with Crippen molar-refractivity contribution >= 4 is 28.1 Å². The number of nitrogen functional groups attached to an aromatic ring is 1. The zero-order valence-corrected chi connectivity index (χ0v) is 10.9. The molecule has 0 aliphatic rings. The van der Waals surface area contributed by atoms with E-state index in [-0.39, 0.29) is 0 Å². The molecule has 0 bridgehead atoms. The van der Waals surface area contributed by atoms with Gasteiger partial charge in [-0.2, -0.15) is 0 Å². The zero-order chi connectivity index (χ0) is 13.9. The fourth-order valence-electron chi connectivity index (χ4n) is 2.09. The van der Waals surface area contributed by atoms with E-state index >= 15 is 0 Å². The van der Waals surface area contributed by atoms with Gasteiger partial charge in [-0.05, 0) is 35.9 Å². The summed E-state index contributed by atoms with van der Waals surface area (Å²) < 4.78 is 0. The fraction of sp³-hybridized carbons (Fsp3) is 0.0667. The average molecular weight is 265 g/mol. The maximum Gasteiger partial charge on any atom is 0.141 e. The van der Waals surface area contributed by atoms with Crippen molar-refractivity contribution in [1.29, 1.82) is 0 Å². The molecule has 0 radical (unpaired) electrons. The molecule has 5 N–H and O–H groups in total. The minimum absolute atomic E-state index is 0.507. The highest BCUT2D eigenvalue weighted by atomic mass is 15.0. The van der Waals surface area contributed by atoms with Crippen LogP contribution in [0.5, 0.6) is 0 Å². The summed E-state index contributed by atoms with van der Waals surface area (Å²) in [6.07, 6.45) is 1.54. The second kappa shape index (κ2) is 5.14. The minimum Gasteiger partial charge on any atom is -0.399 e. The van der Waals surface area contributed by atoms with E-state index in [4.69, 9.17) is 11.5 Å². The molecule has 3 aromatic rings. The van der Waals surface area contributed by atoms with Crippen LogP contribution in [0.2, 0.25) is 0 Å². The highest BCUT2D eigenvalue weighted by Crippen LogP contribution is 2.25. The molecule has 5 heteroatoms. The van der Waals surface area contributed by atoms with Crippen LogP contribution in [-0.2, 0) is 6.54 Å². The van der Waals surface area contributed by atoms with Crippen LogP contribution in [0.3, 0.4) is 0 Å². The minimum atomic E-state index is 0.507. The number of rotatable bonds is 3. The number of nitrogens with two attached hydrogens (primary N) is 2. The van der Waals surface area contributed by atoms with E-state index in [1.54, 1.807) is 0 Å². The second-order valence-electron chi connectivity index (χ2n) is 4.53. The van der Waals surface area contributed by atoms with E-state index < -0.39 is 0 Å². The molecule has 0 fully saturated rings. The Morgan fingerprint density at radius 1 is 1.05 bits per heavy atom. The molecule has 0 aliphatic heterocycles. The van der Waals surface area contributed by atoms with Crippen LogP contribution in [0.15, 0.2) is 48.8 Å². The average Bonchev–Trinajstić information content (AvgIpc) is 2.48. The Balaban J connectivity index is 2.03. The maximum atomic E-state index is 5.83. The van der Waals surface area contributed by atoms with Crippen molar-refractivity contribution in [3.8, 4) is 0 Å². The van der Waals surface area contributed by atoms with E-state index in [1.807, 2.05) is 42.5 Å². The molecule has 0 spiro atoms. The number of nitrogens with zero attached hydrogens (tertiary/aromatic N) is 2. The van der Waals surface area contributed by atoms with Crippen LogP contribution < -0.4 is 16.8 Å². The van der Waals surface area contributed by atoms with Gasteiger partial charge >= 0.3 is 0 Å². The van der Waals surface area contributed by atoms with E-state index in [0.29, 0.717) is 12.2 Å². The van der Waals surface area contributed by atoms with Crippen LogP contribution in [0.1, 0.15) is 5.56 Å². The lowest BCUT2D eigenvalue weighted by atomic mass is 10.2. The summed E-state index contributed by atoms with van der Waals surface area (Å²) in [6.45, 7) is 0.507. The first-order valence-electron chi connectivity index (χ1n) is 6.32. The molecule has 0 atom stereocenters. The Morgan fingerprint density at radius 3 is 2.80 bits per heavy atom. The van der Waals surface area contributed by atoms with Crippen molar-refractivity contribution in [2.24, 2.45) is 5.73 Å². The van der Waals surface area contributed by atoms with Gasteiger partial charge in [0.15, 0.2) is 0 Å². The normalized spacial score (nSPS) is 10.7. The van der Waals surface area contributed by atoms with Gasteiger partial charge in [0.05, 0.1) is 5.52 Å². The molecule has 0 saturated heterocycles. The SMILES string of the molecule is NCc1cccc(Nc2ncnc3ccc(N)cc23)c1. The summed E-state index contributed by atoms with van der Waals surface area (Å²) in [5, 5.41) is 4.18. The molecular weight excluding hydrogens is 250 g/mol. The first kappa shape index (κ1) is 12.4. The number of hydrogen-bond donors (Lipinski definition) is 3. The third-order valence-electron chi connectivity index (χ3n) is 3.08. The molecule has 0 unspecified atom stereocenters. The molecule has 0 aliphatic carbocycles. The molecule has 0 saturated carbocycles. The van der Waals surface area contributed by atoms with E-state index in [1.165, 1.54) is 6.33 Å². The summed E-state index contributed by atoms with van der Waals surface area (Å²) in [5.74, 6) is 0.733. The monoisotopic (exact) mass is 265 g/mol. The van der Waals surface area contributed by atoms with Gasteiger partial charge in [0.2, 0.25) is 0 Å². The summed E-state index contributed by atoms with van der Waals surface area (Å²) in [4.78, 5) is 8.52. The first-order chi connectivity index (χ1) is 9.76. The third-order valence-corrected chi connectivity index (χ3v) is 3.08. The van der Waals surface area contributed by atoms with Crippen LogP contribution in [0.4, 0.5) is 17.2 Å². The smallest absolute Gasteiger partial charge is 0.141 e. The first-order valence-corrected chi connectivity index (χ1v) is 6.32. The van der Waals surface area contributed by atoms with Gasteiger partial charge in [-0.3, -0.25) is 0 Å². The van der Waals surface area contributed by atoms with Crippen LogP contribution in [0.25, 0.3) is 10.9 Å². The van der Waals surface area contributed by atoms with Crippen LogP contribution in [-0.4, -0.2) is 9.97 Å². The Morgan fingerprint density at radius 2 is 1.95 bits per heavy atom. The predicted molar refractivity (Wildman–Crippen MR) is 81.6 cm³/mol. The largest absolute Gasteiger partial charge is 0.399 e. The van der Waals surface area contributed by atoms with Gasteiger partial charge in [0, 0.05) is 23.3 Å². The second-order valence-corrected chi connectivity index (χ2v) is 4.53. The Kier molecular flexibility index (Phi) is 3.18. The molecule has 3 rings (SSSR count). The van der Waals surface area contributed by atoms with Gasteiger partial charge in [-0.25, -0.2) is 9.97 Å². The molecule has 0 amide bonds. The van der Waals surface area contributed by atoms with Crippen LogP contribution in [0, 0.1) is 0 Å². The molecule has 1 heterocycles. The lowest BCUT2D eigenvalue weighted by Gasteiger charge is -2.09. The molecule has 2 aromatic carbocycles. The van der Waals surface area contributed by atoms with Crippen molar-refractivity contribution in [2.75, 3.05) is 11.1 Å². The molecule has 100 valence electrons. The summed E-state index contributed by atoms with van der Waals surface area (Å²) >= 11 is 0. The maximum absolute atomic E-state index is 5.83. The quantitative estimate of drug-likeness (QED) is 0.633. The lowest BCUT2D eigenvalue weighted by Crippen LogP contribution is -1.99. The van der Waals surface area contributed by atoms with Gasteiger partial charge in [-0.15, -0.1) is 0 Å². The highest BCUT2D eigenvalue weighted by Gasteiger charge is 2.04. The van der Waals surface area contributed by atoms with Crippen molar-refractivity contribution < 1.29 is 0 Å². The van der Waals surface area contributed by atoms with Gasteiger partial charge in [0.1, 0.15) is 12.1 Å². The topological polar surface area (TPSA) is 89.8 Å². The van der Waals surface area contributed by atoms with E-state index in [2.05, 4.69) is 15.3 Å². The summed E-state index contributed by atoms with van der Waals surface area (Å²) in [7, 11) is 0. The Labute approximate surface area is 116 Å².